The average molecular weight is 265 g/mol. The van der Waals surface area contributed by atoms with Crippen LogP contribution in [0.5, 0.6) is 0 Å². The van der Waals surface area contributed by atoms with Gasteiger partial charge in [0.2, 0.25) is 0 Å². The van der Waals surface area contributed by atoms with Crippen molar-refractivity contribution in [1.29, 1.82) is 5.26 Å². The molecule has 2 unspecified atom stereocenters. The van der Waals surface area contributed by atoms with Gasteiger partial charge >= 0.3 is 0 Å². The molecule has 4 rings (SSSR count). The molecule has 1 aliphatic carbocycles. The first kappa shape index (κ1) is 12.0. The summed E-state index contributed by atoms with van der Waals surface area (Å²) in [6, 6.07) is 9.58. The van der Waals surface area contributed by atoms with Crippen LogP contribution in [0.2, 0.25) is 0 Å². The lowest BCUT2D eigenvalue weighted by molar-refractivity contribution is 0.113. The number of aromatic nitrogens is 1. The molecule has 0 radical (unpaired) electrons. The number of hydrogen-bond donors (Lipinski definition) is 1. The number of benzene rings is 1. The summed E-state index contributed by atoms with van der Waals surface area (Å²) < 4.78 is 0. The Bertz CT molecular complexity index is 694. The highest BCUT2D eigenvalue weighted by Gasteiger charge is 2.39. The minimum atomic E-state index is 0.516. The maximum atomic E-state index is 9.00. The Morgan fingerprint density at radius 2 is 2.35 bits per heavy atom. The highest BCUT2D eigenvalue weighted by atomic mass is 15.1. The topological polar surface area (TPSA) is 42.8 Å². The largest absolute Gasteiger partial charge is 0.361 e. The lowest BCUT2D eigenvalue weighted by Gasteiger charge is -2.45. The van der Waals surface area contributed by atoms with Crippen molar-refractivity contribution in [3.8, 4) is 6.07 Å². The van der Waals surface area contributed by atoms with Crippen molar-refractivity contribution < 1.29 is 0 Å². The molecule has 102 valence electrons. The summed E-state index contributed by atoms with van der Waals surface area (Å²) in [7, 11) is 2.22. The molecule has 1 fully saturated rings. The Morgan fingerprint density at radius 1 is 1.45 bits per heavy atom. The second kappa shape index (κ2) is 4.36. The third-order valence-electron chi connectivity index (χ3n) is 5.19. The van der Waals surface area contributed by atoms with Gasteiger partial charge in [-0.25, -0.2) is 0 Å². The van der Waals surface area contributed by atoms with Crippen LogP contribution in [0.1, 0.15) is 29.9 Å². The van der Waals surface area contributed by atoms with Crippen molar-refractivity contribution >= 4 is 10.9 Å². The molecule has 1 aliphatic heterocycles. The number of likely N-dealkylation sites (tertiary alicyclic amines) is 1. The number of nitrogens with zero attached hydrogens (tertiary/aromatic N) is 2. The lowest BCUT2D eigenvalue weighted by Crippen LogP contribution is -2.47. The number of fused-ring (bicyclic) bond motifs is 2. The fourth-order valence-corrected chi connectivity index (χ4v) is 4.33. The van der Waals surface area contributed by atoms with Gasteiger partial charge in [-0.15, -0.1) is 0 Å². The van der Waals surface area contributed by atoms with Gasteiger partial charge in [-0.1, -0.05) is 12.1 Å². The molecule has 2 aromatic rings. The van der Waals surface area contributed by atoms with E-state index < -0.39 is 0 Å². The van der Waals surface area contributed by atoms with Crippen LogP contribution < -0.4 is 0 Å². The van der Waals surface area contributed by atoms with Crippen LogP contribution in [0.3, 0.4) is 0 Å². The number of aromatic amines is 1. The molecule has 3 atom stereocenters. The molecule has 3 nitrogen and oxygen atoms in total. The van der Waals surface area contributed by atoms with Gasteiger partial charge in [-0.3, -0.25) is 0 Å². The standard InChI is InChI=1S/C17H19N3/c1-20-10-11(5-6-18)7-14-13-3-2-4-15-17(13)12(9-19-15)8-16(14)20/h2-4,9,11,14,16,19H,5,7-8,10H2,1H3/t11-,14?,16?/m1/s1. The minimum absolute atomic E-state index is 0.516. The van der Waals surface area contributed by atoms with E-state index in [1.54, 1.807) is 0 Å². The zero-order valence-electron chi connectivity index (χ0n) is 11.8. The van der Waals surface area contributed by atoms with Crippen molar-refractivity contribution in [1.82, 2.24) is 9.88 Å². The van der Waals surface area contributed by atoms with Crippen molar-refractivity contribution in [3.05, 3.63) is 35.5 Å². The van der Waals surface area contributed by atoms with Gasteiger partial charge in [0.15, 0.2) is 0 Å². The molecule has 1 saturated heterocycles. The summed E-state index contributed by atoms with van der Waals surface area (Å²) in [6.07, 6.45) is 5.16. The van der Waals surface area contributed by atoms with Crippen LogP contribution in [0.4, 0.5) is 0 Å². The van der Waals surface area contributed by atoms with E-state index in [0.717, 1.165) is 19.4 Å². The fourth-order valence-electron chi connectivity index (χ4n) is 4.33. The van der Waals surface area contributed by atoms with E-state index in [4.69, 9.17) is 5.26 Å². The second-order valence-electron chi connectivity index (χ2n) is 6.37. The molecule has 0 amide bonds. The number of H-pyrrole nitrogens is 1. The molecular formula is C17H19N3. The quantitative estimate of drug-likeness (QED) is 0.861. The van der Waals surface area contributed by atoms with Crippen LogP contribution in [0.15, 0.2) is 24.4 Å². The molecule has 0 bridgehead atoms. The average Bonchev–Trinajstić information content (AvgIpc) is 2.86. The summed E-state index contributed by atoms with van der Waals surface area (Å²) in [4.78, 5) is 5.89. The smallest absolute Gasteiger partial charge is 0.0625 e. The van der Waals surface area contributed by atoms with Crippen LogP contribution in [0, 0.1) is 17.2 Å². The molecule has 0 spiro atoms. The highest BCUT2D eigenvalue weighted by molar-refractivity contribution is 5.88. The lowest BCUT2D eigenvalue weighted by atomic mass is 9.72. The zero-order chi connectivity index (χ0) is 13.7. The molecule has 20 heavy (non-hydrogen) atoms. The predicted molar refractivity (Wildman–Crippen MR) is 79.5 cm³/mol. The van der Waals surface area contributed by atoms with Gasteiger partial charge in [0, 0.05) is 42.0 Å². The van der Waals surface area contributed by atoms with Crippen LogP contribution in [-0.4, -0.2) is 29.5 Å². The SMILES string of the molecule is CN1C[C@H](CC#N)CC2c3cccc4[nH]cc(c34)CC21. The first-order valence-electron chi connectivity index (χ1n) is 7.44. The fraction of sp³-hybridized carbons (Fsp3) is 0.471. The Kier molecular flexibility index (Phi) is 2.61. The van der Waals surface area contributed by atoms with Crippen molar-refractivity contribution in [2.45, 2.75) is 31.2 Å². The molecule has 2 heterocycles. The maximum absolute atomic E-state index is 9.00. The highest BCUT2D eigenvalue weighted by Crippen LogP contribution is 2.44. The van der Waals surface area contributed by atoms with Crippen molar-refractivity contribution in [3.63, 3.8) is 0 Å². The molecule has 3 heteroatoms. The second-order valence-corrected chi connectivity index (χ2v) is 6.37. The molecule has 1 N–H and O–H groups in total. The van der Waals surface area contributed by atoms with Crippen LogP contribution >= 0.6 is 0 Å². The van der Waals surface area contributed by atoms with E-state index >= 15 is 0 Å². The summed E-state index contributed by atoms with van der Waals surface area (Å²) in [6.45, 7) is 1.06. The Balaban J connectivity index is 1.81. The van der Waals surface area contributed by atoms with Crippen molar-refractivity contribution in [2.75, 3.05) is 13.6 Å². The monoisotopic (exact) mass is 265 g/mol. The summed E-state index contributed by atoms with van der Waals surface area (Å²) in [5.41, 5.74) is 4.22. The number of nitrogens with one attached hydrogen (secondary N) is 1. The summed E-state index contributed by atoms with van der Waals surface area (Å²) in [5.74, 6) is 1.10. The first-order chi connectivity index (χ1) is 9.78. The van der Waals surface area contributed by atoms with E-state index in [1.807, 2.05) is 0 Å². The third-order valence-corrected chi connectivity index (χ3v) is 5.19. The molecular weight excluding hydrogens is 246 g/mol. The maximum Gasteiger partial charge on any atom is 0.0625 e. The Labute approximate surface area is 119 Å². The van der Waals surface area contributed by atoms with E-state index in [-0.39, 0.29) is 0 Å². The molecule has 0 saturated carbocycles. The van der Waals surface area contributed by atoms with Gasteiger partial charge < -0.3 is 9.88 Å². The molecule has 2 aliphatic rings. The van der Waals surface area contributed by atoms with E-state index in [1.165, 1.54) is 22.0 Å². The number of rotatable bonds is 1. The number of nitriles is 1. The van der Waals surface area contributed by atoms with Crippen LogP contribution in [0.25, 0.3) is 10.9 Å². The number of piperidine rings is 1. The number of likely N-dealkylation sites (N-methyl/N-ethyl adjacent to an activating group) is 1. The van der Waals surface area contributed by atoms with Gasteiger partial charge in [0.1, 0.15) is 0 Å². The van der Waals surface area contributed by atoms with Gasteiger partial charge in [0.25, 0.3) is 0 Å². The van der Waals surface area contributed by atoms with Gasteiger partial charge in [0.05, 0.1) is 6.07 Å². The summed E-state index contributed by atoms with van der Waals surface area (Å²) >= 11 is 0. The normalized spacial score (nSPS) is 29.1. The van der Waals surface area contributed by atoms with E-state index in [9.17, 15) is 0 Å². The van der Waals surface area contributed by atoms with Gasteiger partial charge in [-0.2, -0.15) is 5.26 Å². The predicted octanol–water partition coefficient (Wildman–Crippen LogP) is 3.04. The first-order valence-corrected chi connectivity index (χ1v) is 7.44. The Hall–Kier alpha value is -1.79. The van der Waals surface area contributed by atoms with E-state index in [2.05, 4.69) is 47.4 Å². The molecule has 1 aromatic carbocycles. The van der Waals surface area contributed by atoms with Gasteiger partial charge in [-0.05, 0) is 43.0 Å². The molecule has 1 aromatic heterocycles. The van der Waals surface area contributed by atoms with Crippen molar-refractivity contribution in [2.24, 2.45) is 5.92 Å². The van der Waals surface area contributed by atoms with E-state index in [0.29, 0.717) is 24.3 Å². The Morgan fingerprint density at radius 3 is 3.20 bits per heavy atom. The van der Waals surface area contributed by atoms with Crippen LogP contribution in [-0.2, 0) is 6.42 Å². The summed E-state index contributed by atoms with van der Waals surface area (Å²) in [5, 5.41) is 10.4. The minimum Gasteiger partial charge on any atom is -0.361 e. The number of hydrogen-bond acceptors (Lipinski definition) is 2. The zero-order valence-corrected chi connectivity index (χ0v) is 11.8. The third kappa shape index (κ3) is 1.61.